The average molecular weight is 348 g/mol. The van der Waals surface area contributed by atoms with Crippen molar-refractivity contribution in [3.05, 3.63) is 56.3 Å². The number of nitrogens with one attached hydrogen (secondary N) is 1. The van der Waals surface area contributed by atoms with E-state index in [4.69, 9.17) is 4.74 Å². The Labute approximate surface area is 142 Å². The molecule has 0 saturated heterocycles. The summed E-state index contributed by atoms with van der Waals surface area (Å²) in [5.41, 5.74) is 0.506. The maximum absolute atomic E-state index is 11.8. The number of benzene rings is 1. The van der Waals surface area contributed by atoms with Crippen molar-refractivity contribution < 1.29 is 19.2 Å². The van der Waals surface area contributed by atoms with E-state index in [1.54, 1.807) is 19.1 Å². The third-order valence-electron chi connectivity index (χ3n) is 3.19. The molecule has 0 aliphatic carbocycles. The third-order valence-corrected chi connectivity index (χ3v) is 4.06. The summed E-state index contributed by atoms with van der Waals surface area (Å²) in [6.07, 6.45) is 0.525. The van der Waals surface area contributed by atoms with Gasteiger partial charge in [0.1, 0.15) is 5.75 Å². The van der Waals surface area contributed by atoms with Gasteiger partial charge in [-0.1, -0.05) is 6.07 Å². The van der Waals surface area contributed by atoms with Gasteiger partial charge in [0.05, 0.1) is 15.9 Å². The molecule has 0 aliphatic heterocycles. The standard InChI is InChI=1S/C16H16N2O5S/c1-11-6-7-12(18(21)22)10-13(11)23-15(19)5-2-8-17-16(20)14-4-3-9-24-14/h3-4,6-7,9-10H,2,5,8H2,1H3,(H,17,20). The second-order valence-corrected chi connectivity index (χ2v) is 5.97. The lowest BCUT2D eigenvalue weighted by Gasteiger charge is -2.07. The van der Waals surface area contributed by atoms with Gasteiger partial charge < -0.3 is 10.1 Å². The lowest BCUT2D eigenvalue weighted by molar-refractivity contribution is -0.384. The number of non-ortho nitro benzene ring substituents is 1. The van der Waals surface area contributed by atoms with E-state index < -0.39 is 10.9 Å². The van der Waals surface area contributed by atoms with Crippen LogP contribution in [0.15, 0.2) is 35.7 Å². The van der Waals surface area contributed by atoms with E-state index in [1.807, 2.05) is 5.38 Å². The number of carbonyl (C=O) groups excluding carboxylic acids is 2. The number of nitro benzene ring substituents is 1. The largest absolute Gasteiger partial charge is 0.426 e. The maximum atomic E-state index is 11.8. The number of thiophene rings is 1. The van der Waals surface area contributed by atoms with Crippen molar-refractivity contribution in [3.63, 3.8) is 0 Å². The summed E-state index contributed by atoms with van der Waals surface area (Å²) >= 11 is 1.34. The van der Waals surface area contributed by atoms with Gasteiger partial charge >= 0.3 is 5.97 Å². The highest BCUT2D eigenvalue weighted by molar-refractivity contribution is 7.12. The van der Waals surface area contributed by atoms with Crippen LogP contribution in [0, 0.1) is 17.0 Å². The minimum absolute atomic E-state index is 0.104. The van der Waals surface area contributed by atoms with Crippen molar-refractivity contribution in [2.75, 3.05) is 6.54 Å². The zero-order valence-electron chi connectivity index (χ0n) is 13.0. The van der Waals surface area contributed by atoms with Gasteiger partial charge in [-0.3, -0.25) is 19.7 Å². The normalized spacial score (nSPS) is 10.2. The van der Waals surface area contributed by atoms with Crippen LogP contribution in [0.5, 0.6) is 5.75 Å². The molecule has 1 heterocycles. The van der Waals surface area contributed by atoms with Crippen molar-refractivity contribution in [1.29, 1.82) is 0 Å². The highest BCUT2D eigenvalue weighted by Gasteiger charge is 2.13. The second kappa shape index (κ2) is 8.21. The first-order valence-electron chi connectivity index (χ1n) is 7.25. The Bertz CT molecular complexity index is 743. The first-order chi connectivity index (χ1) is 11.5. The quantitative estimate of drug-likeness (QED) is 0.272. The van der Waals surface area contributed by atoms with Gasteiger partial charge in [0, 0.05) is 19.0 Å². The van der Waals surface area contributed by atoms with Crippen LogP contribution in [0.1, 0.15) is 28.1 Å². The van der Waals surface area contributed by atoms with Gasteiger partial charge in [0.15, 0.2) is 0 Å². The van der Waals surface area contributed by atoms with E-state index in [1.165, 1.54) is 29.5 Å². The van der Waals surface area contributed by atoms with E-state index in [0.717, 1.165) is 0 Å². The minimum Gasteiger partial charge on any atom is -0.426 e. The van der Waals surface area contributed by atoms with Gasteiger partial charge in [0.25, 0.3) is 11.6 Å². The molecule has 0 spiro atoms. The number of aryl methyl sites for hydroxylation is 1. The Morgan fingerprint density at radius 1 is 1.33 bits per heavy atom. The average Bonchev–Trinajstić information content (AvgIpc) is 3.07. The third kappa shape index (κ3) is 4.88. The number of nitro groups is 1. The molecule has 0 saturated carbocycles. The molecule has 0 bridgehead atoms. The van der Waals surface area contributed by atoms with Gasteiger partial charge in [0.2, 0.25) is 0 Å². The molecule has 1 aromatic carbocycles. The molecule has 0 fully saturated rings. The van der Waals surface area contributed by atoms with Crippen LogP contribution in [0.4, 0.5) is 5.69 Å². The first kappa shape index (κ1) is 17.6. The van der Waals surface area contributed by atoms with Crippen LogP contribution in [0.3, 0.4) is 0 Å². The van der Waals surface area contributed by atoms with Gasteiger partial charge in [-0.2, -0.15) is 0 Å². The lowest BCUT2D eigenvalue weighted by Crippen LogP contribution is -2.24. The molecule has 0 unspecified atom stereocenters. The summed E-state index contributed by atoms with van der Waals surface area (Å²) in [6.45, 7) is 2.05. The number of nitrogens with zero attached hydrogens (tertiary/aromatic N) is 1. The van der Waals surface area contributed by atoms with E-state index in [2.05, 4.69) is 5.32 Å². The molecule has 7 nitrogen and oxygen atoms in total. The van der Waals surface area contributed by atoms with Crippen molar-refractivity contribution in [1.82, 2.24) is 5.32 Å². The zero-order chi connectivity index (χ0) is 17.5. The fourth-order valence-electron chi connectivity index (χ4n) is 1.92. The van der Waals surface area contributed by atoms with Crippen molar-refractivity contribution in [2.24, 2.45) is 0 Å². The van der Waals surface area contributed by atoms with Gasteiger partial charge in [-0.05, 0) is 36.4 Å². The van der Waals surface area contributed by atoms with E-state index in [-0.39, 0.29) is 23.8 Å². The Balaban J connectivity index is 1.78. The highest BCUT2D eigenvalue weighted by Crippen LogP contribution is 2.24. The summed E-state index contributed by atoms with van der Waals surface area (Å²) in [5, 5.41) is 15.3. The molecule has 1 aromatic heterocycles. The number of hydrogen-bond donors (Lipinski definition) is 1. The van der Waals surface area contributed by atoms with Crippen molar-refractivity contribution in [3.8, 4) is 5.75 Å². The molecule has 126 valence electrons. The van der Waals surface area contributed by atoms with Crippen LogP contribution in [0.2, 0.25) is 0 Å². The Morgan fingerprint density at radius 2 is 2.12 bits per heavy atom. The number of amides is 1. The maximum Gasteiger partial charge on any atom is 0.311 e. The monoisotopic (exact) mass is 348 g/mol. The molecular formula is C16H16N2O5S. The van der Waals surface area contributed by atoms with E-state index in [9.17, 15) is 19.7 Å². The minimum atomic E-state index is -0.545. The molecule has 0 aliphatic rings. The number of rotatable bonds is 7. The second-order valence-electron chi connectivity index (χ2n) is 5.02. The topological polar surface area (TPSA) is 98.5 Å². The predicted octanol–water partition coefficient (Wildman–Crippen LogP) is 3.08. The summed E-state index contributed by atoms with van der Waals surface area (Å²) < 4.78 is 5.16. The molecule has 2 rings (SSSR count). The highest BCUT2D eigenvalue weighted by atomic mass is 32.1. The zero-order valence-corrected chi connectivity index (χ0v) is 13.8. The molecule has 1 N–H and O–H groups in total. The first-order valence-corrected chi connectivity index (χ1v) is 8.13. The Hall–Kier alpha value is -2.74. The number of ether oxygens (including phenoxy) is 1. The van der Waals surface area contributed by atoms with Crippen molar-refractivity contribution >= 4 is 28.9 Å². The summed E-state index contributed by atoms with van der Waals surface area (Å²) in [6, 6.07) is 7.62. The van der Waals surface area contributed by atoms with Gasteiger partial charge in [-0.15, -0.1) is 11.3 Å². The summed E-state index contributed by atoms with van der Waals surface area (Å²) in [4.78, 5) is 34.3. The summed E-state index contributed by atoms with van der Waals surface area (Å²) in [5.74, 6) is -0.492. The van der Waals surface area contributed by atoms with Crippen LogP contribution in [-0.4, -0.2) is 23.3 Å². The number of esters is 1. The fourth-order valence-corrected chi connectivity index (χ4v) is 2.56. The van der Waals surface area contributed by atoms with Crippen molar-refractivity contribution in [2.45, 2.75) is 19.8 Å². The molecule has 24 heavy (non-hydrogen) atoms. The molecular weight excluding hydrogens is 332 g/mol. The Kier molecular flexibility index (Phi) is 6.02. The molecule has 0 radical (unpaired) electrons. The Morgan fingerprint density at radius 3 is 2.79 bits per heavy atom. The van der Waals surface area contributed by atoms with Crippen LogP contribution in [-0.2, 0) is 4.79 Å². The lowest BCUT2D eigenvalue weighted by atomic mass is 10.2. The van der Waals surface area contributed by atoms with Gasteiger partial charge in [-0.25, -0.2) is 0 Å². The smallest absolute Gasteiger partial charge is 0.311 e. The van der Waals surface area contributed by atoms with E-state index >= 15 is 0 Å². The molecule has 8 heteroatoms. The fraction of sp³-hybridized carbons (Fsp3) is 0.250. The molecule has 0 atom stereocenters. The number of hydrogen-bond acceptors (Lipinski definition) is 6. The summed E-state index contributed by atoms with van der Waals surface area (Å²) in [7, 11) is 0. The number of carbonyl (C=O) groups is 2. The van der Waals surface area contributed by atoms with E-state index in [0.29, 0.717) is 23.4 Å². The molecule has 2 aromatic rings. The van der Waals surface area contributed by atoms with Crippen LogP contribution < -0.4 is 10.1 Å². The van der Waals surface area contributed by atoms with Crippen LogP contribution >= 0.6 is 11.3 Å². The predicted molar refractivity (Wildman–Crippen MR) is 89.4 cm³/mol. The SMILES string of the molecule is Cc1ccc([N+](=O)[O-])cc1OC(=O)CCCNC(=O)c1cccs1. The van der Waals surface area contributed by atoms with Crippen LogP contribution in [0.25, 0.3) is 0 Å². The molecule has 1 amide bonds.